The number of aliphatic hydroxyl groups is 1. The Morgan fingerprint density at radius 2 is 1.79 bits per heavy atom. The maximum atomic E-state index is 12.0. The maximum absolute atomic E-state index is 12.0. The Labute approximate surface area is 109 Å². The third kappa shape index (κ3) is 2.66. The van der Waals surface area contributed by atoms with Gasteiger partial charge in [-0.15, -0.1) is 0 Å². The molecule has 1 amide bonds. The molecule has 0 aliphatic heterocycles. The van der Waals surface area contributed by atoms with Crippen LogP contribution < -0.4 is 5.32 Å². The number of phenols is 2. The minimum absolute atomic E-state index is 0.0345. The molecule has 0 radical (unpaired) electrons. The van der Waals surface area contributed by atoms with Crippen LogP contribution in [0.1, 0.15) is 15.9 Å². The Bertz CT molecular complexity index is 610. The Hall–Kier alpha value is -2.53. The minimum atomic E-state index is -0.561. The molecular weight excluding hydrogens is 246 g/mol. The van der Waals surface area contributed by atoms with Crippen LogP contribution in [0.25, 0.3) is 0 Å². The van der Waals surface area contributed by atoms with Gasteiger partial charge in [0.25, 0.3) is 5.91 Å². The van der Waals surface area contributed by atoms with E-state index < -0.39 is 11.7 Å². The van der Waals surface area contributed by atoms with Gasteiger partial charge in [-0.25, -0.2) is 0 Å². The molecule has 0 aliphatic carbocycles. The number of para-hydroxylation sites is 2. The van der Waals surface area contributed by atoms with Gasteiger partial charge >= 0.3 is 0 Å². The van der Waals surface area contributed by atoms with E-state index in [1.54, 1.807) is 24.3 Å². The van der Waals surface area contributed by atoms with Gasteiger partial charge in [-0.2, -0.15) is 0 Å². The number of hydrogen-bond acceptors (Lipinski definition) is 4. The van der Waals surface area contributed by atoms with Crippen molar-refractivity contribution in [1.82, 2.24) is 0 Å². The zero-order valence-electron chi connectivity index (χ0n) is 10.00. The van der Waals surface area contributed by atoms with Gasteiger partial charge in [-0.1, -0.05) is 24.3 Å². The number of hydrogen-bond donors (Lipinski definition) is 4. The van der Waals surface area contributed by atoms with Crippen molar-refractivity contribution in [1.29, 1.82) is 0 Å². The lowest BCUT2D eigenvalue weighted by atomic mass is 10.1. The van der Waals surface area contributed by atoms with Crippen LogP contribution in [0.15, 0.2) is 42.5 Å². The summed E-state index contributed by atoms with van der Waals surface area (Å²) in [5, 5.41) is 30.7. The Morgan fingerprint density at radius 3 is 2.53 bits per heavy atom. The molecule has 0 saturated carbocycles. The molecule has 2 aromatic rings. The van der Waals surface area contributed by atoms with Crippen LogP contribution in [-0.2, 0) is 6.61 Å². The van der Waals surface area contributed by atoms with Crippen molar-refractivity contribution in [3.05, 3.63) is 53.6 Å². The number of carbonyl (C=O) groups excluding carboxylic acids is 1. The zero-order valence-corrected chi connectivity index (χ0v) is 10.00. The van der Waals surface area contributed by atoms with Gasteiger partial charge in [0.05, 0.1) is 12.2 Å². The third-order valence-corrected chi connectivity index (χ3v) is 2.70. The van der Waals surface area contributed by atoms with Crippen LogP contribution in [0, 0.1) is 0 Å². The number of carbonyl (C=O) groups is 1. The quantitative estimate of drug-likeness (QED) is 0.633. The second-order valence-corrected chi connectivity index (χ2v) is 3.94. The lowest BCUT2D eigenvalue weighted by molar-refractivity contribution is 0.102. The monoisotopic (exact) mass is 259 g/mol. The smallest absolute Gasteiger partial charge is 0.259 e. The van der Waals surface area contributed by atoms with Gasteiger partial charge < -0.3 is 20.6 Å². The van der Waals surface area contributed by atoms with E-state index in [9.17, 15) is 15.0 Å². The fraction of sp³-hybridized carbons (Fsp3) is 0.0714. The van der Waals surface area contributed by atoms with E-state index in [2.05, 4.69) is 5.32 Å². The second kappa shape index (κ2) is 5.41. The topological polar surface area (TPSA) is 89.8 Å². The summed E-state index contributed by atoms with van der Waals surface area (Å²) in [5.41, 5.74) is 0.987. The van der Waals surface area contributed by atoms with Crippen LogP contribution in [0.3, 0.4) is 0 Å². The van der Waals surface area contributed by atoms with E-state index in [4.69, 9.17) is 5.11 Å². The predicted molar refractivity (Wildman–Crippen MR) is 70.1 cm³/mol. The van der Waals surface area contributed by atoms with Gasteiger partial charge in [0.15, 0.2) is 11.5 Å². The molecule has 4 N–H and O–H groups in total. The Balaban J connectivity index is 2.28. The first-order valence-corrected chi connectivity index (χ1v) is 5.64. The number of benzene rings is 2. The van der Waals surface area contributed by atoms with Crippen LogP contribution >= 0.6 is 0 Å². The summed E-state index contributed by atoms with van der Waals surface area (Å²) in [4.78, 5) is 12.0. The highest BCUT2D eigenvalue weighted by molar-refractivity contribution is 6.06. The van der Waals surface area contributed by atoms with Gasteiger partial charge in [0.2, 0.25) is 0 Å². The fourth-order valence-corrected chi connectivity index (χ4v) is 1.68. The van der Waals surface area contributed by atoms with Crippen LogP contribution in [-0.4, -0.2) is 21.2 Å². The number of rotatable bonds is 3. The summed E-state index contributed by atoms with van der Waals surface area (Å²) in [6.07, 6.45) is 0. The molecule has 0 spiro atoms. The van der Waals surface area contributed by atoms with Crippen molar-refractivity contribution in [2.24, 2.45) is 0 Å². The van der Waals surface area contributed by atoms with Crippen molar-refractivity contribution in [2.75, 3.05) is 5.32 Å². The molecule has 0 aromatic heterocycles. The average Bonchev–Trinajstić information content (AvgIpc) is 2.42. The molecule has 0 unspecified atom stereocenters. The van der Waals surface area contributed by atoms with Crippen molar-refractivity contribution >= 4 is 11.6 Å². The number of aliphatic hydroxyl groups excluding tert-OH is 1. The number of nitrogens with one attached hydrogen (secondary N) is 1. The van der Waals surface area contributed by atoms with E-state index in [0.29, 0.717) is 11.3 Å². The summed E-state index contributed by atoms with van der Waals surface area (Å²) < 4.78 is 0. The van der Waals surface area contributed by atoms with Gasteiger partial charge in [-0.3, -0.25) is 4.79 Å². The first-order chi connectivity index (χ1) is 9.13. The third-order valence-electron chi connectivity index (χ3n) is 2.70. The zero-order chi connectivity index (χ0) is 13.8. The first-order valence-electron chi connectivity index (χ1n) is 5.64. The molecule has 5 heteroatoms. The van der Waals surface area contributed by atoms with Gasteiger partial charge in [-0.05, 0) is 18.2 Å². The standard InChI is InChI=1S/C14H13NO4/c16-8-9-4-1-2-6-11(9)15-14(19)10-5-3-7-12(17)13(10)18/h1-7,16-18H,8H2,(H,15,19). The number of amides is 1. The normalized spacial score (nSPS) is 10.2. The molecule has 98 valence electrons. The van der Waals surface area contributed by atoms with Crippen LogP contribution in [0.2, 0.25) is 0 Å². The SMILES string of the molecule is O=C(Nc1ccccc1CO)c1cccc(O)c1O. The van der Waals surface area contributed by atoms with Crippen molar-refractivity contribution in [3.8, 4) is 11.5 Å². The van der Waals surface area contributed by atoms with Crippen molar-refractivity contribution < 1.29 is 20.1 Å². The van der Waals surface area contributed by atoms with Crippen LogP contribution in [0.4, 0.5) is 5.69 Å². The lowest BCUT2D eigenvalue weighted by Gasteiger charge is -2.10. The maximum Gasteiger partial charge on any atom is 0.259 e. The molecule has 0 atom stereocenters. The molecular formula is C14H13NO4. The number of phenolic OH excluding ortho intramolecular Hbond substituents is 2. The molecule has 2 rings (SSSR count). The van der Waals surface area contributed by atoms with E-state index in [-0.39, 0.29) is 17.9 Å². The molecule has 5 nitrogen and oxygen atoms in total. The van der Waals surface area contributed by atoms with E-state index in [0.717, 1.165) is 0 Å². The average molecular weight is 259 g/mol. The molecule has 0 bridgehead atoms. The number of aromatic hydroxyl groups is 2. The van der Waals surface area contributed by atoms with Gasteiger partial charge in [0, 0.05) is 11.3 Å². The van der Waals surface area contributed by atoms with Crippen LogP contribution in [0.5, 0.6) is 11.5 Å². The highest BCUT2D eigenvalue weighted by atomic mass is 16.3. The van der Waals surface area contributed by atoms with Crippen molar-refractivity contribution in [3.63, 3.8) is 0 Å². The summed E-state index contributed by atoms with van der Waals surface area (Å²) in [6, 6.07) is 10.9. The largest absolute Gasteiger partial charge is 0.504 e. The molecule has 0 aliphatic rings. The molecule has 0 fully saturated rings. The van der Waals surface area contributed by atoms with Crippen molar-refractivity contribution in [2.45, 2.75) is 6.61 Å². The summed E-state index contributed by atoms with van der Waals surface area (Å²) in [7, 11) is 0. The second-order valence-electron chi connectivity index (χ2n) is 3.94. The van der Waals surface area contributed by atoms with E-state index >= 15 is 0 Å². The highest BCUT2D eigenvalue weighted by Gasteiger charge is 2.14. The summed E-state index contributed by atoms with van der Waals surface area (Å²) in [6.45, 7) is -0.206. The van der Waals surface area contributed by atoms with E-state index in [1.165, 1.54) is 18.2 Å². The van der Waals surface area contributed by atoms with Gasteiger partial charge in [0.1, 0.15) is 0 Å². The van der Waals surface area contributed by atoms with E-state index in [1.807, 2.05) is 0 Å². The Kier molecular flexibility index (Phi) is 3.68. The minimum Gasteiger partial charge on any atom is -0.504 e. The molecule has 0 heterocycles. The Morgan fingerprint density at radius 1 is 1.05 bits per heavy atom. The predicted octanol–water partition coefficient (Wildman–Crippen LogP) is 1.84. The first kappa shape index (κ1) is 12.9. The summed E-state index contributed by atoms with van der Waals surface area (Å²) >= 11 is 0. The summed E-state index contributed by atoms with van der Waals surface area (Å²) in [5.74, 6) is -1.39. The molecule has 19 heavy (non-hydrogen) atoms. The lowest BCUT2D eigenvalue weighted by Crippen LogP contribution is -2.13. The molecule has 2 aromatic carbocycles. The fourth-order valence-electron chi connectivity index (χ4n) is 1.68. The number of anilines is 1. The highest BCUT2D eigenvalue weighted by Crippen LogP contribution is 2.29. The molecule has 0 saturated heterocycles.